The van der Waals surface area contributed by atoms with Crippen molar-refractivity contribution in [1.82, 2.24) is 15.5 Å². The Morgan fingerprint density at radius 2 is 2.11 bits per heavy atom. The van der Waals surface area contributed by atoms with Crippen LogP contribution in [0.1, 0.15) is 62.2 Å². The van der Waals surface area contributed by atoms with Gasteiger partial charge < -0.3 is 10.1 Å². The summed E-state index contributed by atoms with van der Waals surface area (Å²) in [6, 6.07) is 7.78. The van der Waals surface area contributed by atoms with Gasteiger partial charge in [0, 0.05) is 12.1 Å². The van der Waals surface area contributed by atoms with Gasteiger partial charge in [-0.1, -0.05) is 25.0 Å². The lowest BCUT2D eigenvalue weighted by Gasteiger charge is -2.13. The Morgan fingerprint density at radius 1 is 1.26 bits per heavy atom. The number of hydrogen-bond acceptors (Lipinski definition) is 3. The Morgan fingerprint density at radius 3 is 2.85 bits per heavy atom. The first-order chi connectivity index (χ1) is 13.3. The Labute approximate surface area is 161 Å². The number of hydrogen-bond donors (Lipinski definition) is 2. The van der Waals surface area contributed by atoms with Crippen LogP contribution >= 0.6 is 0 Å². The van der Waals surface area contributed by atoms with Crippen molar-refractivity contribution in [2.45, 2.75) is 51.9 Å². The normalized spacial score (nSPS) is 13.9. The van der Waals surface area contributed by atoms with E-state index in [9.17, 15) is 4.79 Å². The highest BCUT2D eigenvalue weighted by Gasteiger charge is 2.15. The van der Waals surface area contributed by atoms with Gasteiger partial charge in [-0.2, -0.15) is 5.10 Å². The SMILES string of the molecule is CCCCOc1ccc(-c2[nH]ncc2C(=O)NCCC2=CCCCC2)cc1. The molecule has 2 aromatic rings. The molecule has 0 bridgehead atoms. The monoisotopic (exact) mass is 367 g/mol. The average molecular weight is 367 g/mol. The van der Waals surface area contributed by atoms with E-state index in [1.54, 1.807) is 6.20 Å². The summed E-state index contributed by atoms with van der Waals surface area (Å²) in [5.74, 6) is 0.761. The van der Waals surface area contributed by atoms with E-state index in [2.05, 4.69) is 28.5 Å². The fraction of sp³-hybridized carbons (Fsp3) is 0.455. The van der Waals surface area contributed by atoms with Crippen LogP contribution in [0.4, 0.5) is 0 Å². The van der Waals surface area contributed by atoms with Crippen molar-refractivity contribution in [3.8, 4) is 17.0 Å². The molecule has 0 spiro atoms. The number of allylic oxidation sites excluding steroid dienone is 1. The molecule has 1 aliphatic rings. The second kappa shape index (κ2) is 9.95. The molecule has 0 fully saturated rings. The lowest BCUT2D eigenvalue weighted by molar-refractivity contribution is 0.0954. The van der Waals surface area contributed by atoms with Crippen LogP contribution < -0.4 is 10.1 Å². The fourth-order valence-electron chi connectivity index (χ4n) is 3.29. The first kappa shape index (κ1) is 19.2. The van der Waals surface area contributed by atoms with Crippen molar-refractivity contribution in [2.24, 2.45) is 0 Å². The summed E-state index contributed by atoms with van der Waals surface area (Å²) in [4.78, 5) is 12.6. The lowest BCUT2D eigenvalue weighted by atomic mass is 9.97. The number of rotatable bonds is 9. The predicted octanol–water partition coefficient (Wildman–Crippen LogP) is 4.88. The van der Waals surface area contributed by atoms with Crippen molar-refractivity contribution < 1.29 is 9.53 Å². The standard InChI is InChI=1S/C22H29N3O2/c1-2-3-15-27-19-11-9-18(10-12-19)21-20(16-24-25-21)22(26)23-14-13-17-7-5-4-6-8-17/h7,9-12,16H,2-6,8,13-15H2,1H3,(H,23,26)(H,24,25). The van der Waals surface area contributed by atoms with Crippen LogP contribution in [0.25, 0.3) is 11.3 Å². The second-order valence-corrected chi connectivity index (χ2v) is 7.00. The number of amides is 1. The van der Waals surface area contributed by atoms with Gasteiger partial charge in [0.05, 0.1) is 24.1 Å². The summed E-state index contributed by atoms with van der Waals surface area (Å²) in [5.41, 5.74) is 3.71. The zero-order valence-electron chi connectivity index (χ0n) is 16.1. The van der Waals surface area contributed by atoms with E-state index in [-0.39, 0.29) is 5.91 Å². The van der Waals surface area contributed by atoms with Gasteiger partial charge in [-0.15, -0.1) is 0 Å². The molecule has 5 heteroatoms. The number of nitrogens with one attached hydrogen (secondary N) is 2. The molecule has 1 heterocycles. The fourth-order valence-corrected chi connectivity index (χ4v) is 3.29. The third kappa shape index (κ3) is 5.46. The maximum Gasteiger partial charge on any atom is 0.255 e. The van der Waals surface area contributed by atoms with E-state index in [4.69, 9.17) is 4.74 Å². The van der Waals surface area contributed by atoms with E-state index < -0.39 is 0 Å². The summed E-state index contributed by atoms with van der Waals surface area (Å²) in [6.07, 6.45) is 11.9. The number of aromatic amines is 1. The molecule has 1 aliphatic carbocycles. The summed E-state index contributed by atoms with van der Waals surface area (Å²) < 4.78 is 5.70. The van der Waals surface area contributed by atoms with Crippen LogP contribution in [-0.4, -0.2) is 29.3 Å². The number of aromatic nitrogens is 2. The van der Waals surface area contributed by atoms with Gasteiger partial charge in [-0.25, -0.2) is 0 Å². The van der Waals surface area contributed by atoms with Gasteiger partial charge in [0.15, 0.2) is 0 Å². The highest BCUT2D eigenvalue weighted by Crippen LogP contribution is 2.24. The molecule has 0 saturated heterocycles. The Kier molecular flexibility index (Phi) is 7.08. The Balaban J connectivity index is 1.57. The molecule has 0 radical (unpaired) electrons. The maximum absolute atomic E-state index is 12.6. The van der Waals surface area contributed by atoms with Crippen LogP contribution in [0.2, 0.25) is 0 Å². The minimum atomic E-state index is -0.0848. The Bertz CT molecular complexity index is 762. The number of carbonyl (C=O) groups excluding carboxylic acids is 1. The molecule has 144 valence electrons. The van der Waals surface area contributed by atoms with E-state index in [1.165, 1.54) is 31.3 Å². The summed E-state index contributed by atoms with van der Waals surface area (Å²) in [5, 5.41) is 10.0. The second-order valence-electron chi connectivity index (χ2n) is 7.00. The molecule has 2 N–H and O–H groups in total. The zero-order chi connectivity index (χ0) is 18.9. The molecule has 1 amide bonds. The van der Waals surface area contributed by atoms with E-state index >= 15 is 0 Å². The maximum atomic E-state index is 12.6. The van der Waals surface area contributed by atoms with Crippen LogP contribution in [0, 0.1) is 0 Å². The third-order valence-corrected chi connectivity index (χ3v) is 4.91. The quantitative estimate of drug-likeness (QED) is 0.490. The van der Waals surface area contributed by atoms with Crippen molar-refractivity contribution in [3.05, 3.63) is 47.7 Å². The summed E-state index contributed by atoms with van der Waals surface area (Å²) in [6.45, 7) is 3.53. The highest BCUT2D eigenvalue weighted by molar-refractivity contribution is 5.99. The Hall–Kier alpha value is -2.56. The number of unbranched alkanes of at least 4 members (excludes halogenated alkanes) is 1. The average Bonchev–Trinajstić information content (AvgIpc) is 3.19. The largest absolute Gasteiger partial charge is 0.494 e. The molecule has 0 unspecified atom stereocenters. The van der Waals surface area contributed by atoms with Gasteiger partial charge in [0.25, 0.3) is 5.91 Å². The first-order valence-electron chi connectivity index (χ1n) is 10.0. The van der Waals surface area contributed by atoms with Crippen LogP contribution in [-0.2, 0) is 0 Å². The number of nitrogens with zero attached hydrogens (tertiary/aromatic N) is 1. The van der Waals surface area contributed by atoms with Gasteiger partial charge in [-0.3, -0.25) is 9.89 Å². The van der Waals surface area contributed by atoms with Crippen LogP contribution in [0.15, 0.2) is 42.1 Å². The van der Waals surface area contributed by atoms with Gasteiger partial charge in [-0.05, 0) is 62.8 Å². The van der Waals surface area contributed by atoms with Gasteiger partial charge >= 0.3 is 0 Å². The van der Waals surface area contributed by atoms with Gasteiger partial charge in [0.2, 0.25) is 0 Å². The number of benzene rings is 1. The smallest absolute Gasteiger partial charge is 0.255 e. The predicted molar refractivity (Wildman–Crippen MR) is 108 cm³/mol. The van der Waals surface area contributed by atoms with Crippen molar-refractivity contribution in [2.75, 3.05) is 13.2 Å². The molecule has 5 nitrogen and oxygen atoms in total. The lowest BCUT2D eigenvalue weighted by Crippen LogP contribution is -2.25. The highest BCUT2D eigenvalue weighted by atomic mass is 16.5. The first-order valence-corrected chi connectivity index (χ1v) is 10.0. The van der Waals surface area contributed by atoms with Crippen LogP contribution in [0.5, 0.6) is 5.75 Å². The van der Waals surface area contributed by atoms with Gasteiger partial charge in [0.1, 0.15) is 5.75 Å². The van der Waals surface area contributed by atoms with E-state index in [0.717, 1.165) is 42.9 Å². The minimum absolute atomic E-state index is 0.0848. The number of H-pyrrole nitrogens is 1. The third-order valence-electron chi connectivity index (χ3n) is 4.91. The molecule has 27 heavy (non-hydrogen) atoms. The molecule has 1 aromatic heterocycles. The summed E-state index contributed by atoms with van der Waals surface area (Å²) in [7, 11) is 0. The molecular weight excluding hydrogens is 338 g/mol. The number of ether oxygens (including phenoxy) is 1. The molecule has 0 atom stereocenters. The molecule has 0 saturated carbocycles. The molecule has 3 rings (SSSR count). The van der Waals surface area contributed by atoms with E-state index in [1.807, 2.05) is 24.3 Å². The van der Waals surface area contributed by atoms with Crippen molar-refractivity contribution >= 4 is 5.91 Å². The van der Waals surface area contributed by atoms with Crippen molar-refractivity contribution in [3.63, 3.8) is 0 Å². The number of carbonyl (C=O) groups is 1. The molecule has 0 aliphatic heterocycles. The topological polar surface area (TPSA) is 67.0 Å². The van der Waals surface area contributed by atoms with E-state index in [0.29, 0.717) is 12.1 Å². The zero-order valence-corrected chi connectivity index (χ0v) is 16.1. The molecule has 1 aromatic carbocycles. The van der Waals surface area contributed by atoms with Crippen LogP contribution in [0.3, 0.4) is 0 Å². The minimum Gasteiger partial charge on any atom is -0.494 e. The van der Waals surface area contributed by atoms with Crippen molar-refractivity contribution in [1.29, 1.82) is 0 Å². The summed E-state index contributed by atoms with van der Waals surface area (Å²) >= 11 is 0. The molecular formula is C22H29N3O2.